The molecule has 150 valence electrons. The van der Waals surface area contributed by atoms with E-state index in [4.69, 9.17) is 5.73 Å². The molecule has 2 aromatic rings. The molecular weight excluding hydrogens is 401 g/mol. The average Bonchev–Trinajstić information content (AvgIpc) is 2.58. The number of sulfonamides is 1. The third-order valence-corrected chi connectivity index (χ3v) is 5.61. The summed E-state index contributed by atoms with van der Waals surface area (Å²) in [7, 11) is -3.80. The molecule has 0 radical (unpaired) electrons. The number of nitrogens with zero attached hydrogens (tertiary/aromatic N) is 1. The maximum Gasteiger partial charge on any atom is 0.416 e. The van der Waals surface area contributed by atoms with Gasteiger partial charge in [-0.2, -0.15) is 17.5 Å². The molecule has 9 heteroatoms. The van der Waals surface area contributed by atoms with Crippen molar-refractivity contribution in [1.29, 1.82) is 0 Å². The molecule has 0 saturated carbocycles. The minimum absolute atomic E-state index is 0. The summed E-state index contributed by atoms with van der Waals surface area (Å²) >= 11 is 0. The van der Waals surface area contributed by atoms with Gasteiger partial charge in [0.1, 0.15) is 0 Å². The zero-order valence-corrected chi connectivity index (χ0v) is 16.2. The lowest BCUT2D eigenvalue weighted by Gasteiger charge is -2.22. The van der Waals surface area contributed by atoms with Crippen LogP contribution >= 0.6 is 12.4 Å². The Labute approximate surface area is 163 Å². The minimum Gasteiger partial charge on any atom is -0.330 e. The third kappa shape index (κ3) is 7.14. The molecule has 2 rings (SSSR count). The van der Waals surface area contributed by atoms with Gasteiger partial charge in [-0.1, -0.05) is 48.5 Å². The van der Waals surface area contributed by atoms with Gasteiger partial charge in [0.15, 0.2) is 0 Å². The fourth-order valence-electron chi connectivity index (χ4n) is 2.51. The van der Waals surface area contributed by atoms with Crippen LogP contribution in [0.15, 0.2) is 54.6 Å². The van der Waals surface area contributed by atoms with Crippen molar-refractivity contribution in [3.63, 3.8) is 0 Å². The van der Waals surface area contributed by atoms with Gasteiger partial charge in [0.25, 0.3) is 0 Å². The van der Waals surface area contributed by atoms with E-state index in [0.717, 1.165) is 17.7 Å². The number of halogens is 4. The smallest absolute Gasteiger partial charge is 0.330 e. The van der Waals surface area contributed by atoms with Crippen molar-refractivity contribution in [3.8, 4) is 0 Å². The maximum atomic E-state index is 12.8. The molecule has 0 spiro atoms. The molecule has 27 heavy (non-hydrogen) atoms. The van der Waals surface area contributed by atoms with E-state index in [1.807, 2.05) is 6.07 Å². The highest BCUT2D eigenvalue weighted by Gasteiger charge is 2.31. The van der Waals surface area contributed by atoms with E-state index >= 15 is 0 Å². The molecule has 4 nitrogen and oxygen atoms in total. The molecule has 0 aromatic heterocycles. The van der Waals surface area contributed by atoms with Crippen LogP contribution in [0.4, 0.5) is 13.2 Å². The Hall–Kier alpha value is -1.61. The molecule has 0 atom stereocenters. The molecule has 0 aliphatic heterocycles. The third-order valence-electron chi connectivity index (χ3n) is 3.81. The fraction of sp³-hybridized carbons (Fsp3) is 0.333. The Balaban J connectivity index is 0.00000364. The molecule has 0 saturated heterocycles. The molecule has 2 aromatic carbocycles. The number of hydrogen-bond acceptors (Lipinski definition) is 3. The van der Waals surface area contributed by atoms with Crippen LogP contribution in [0.25, 0.3) is 0 Å². The molecule has 0 aliphatic rings. The molecule has 0 unspecified atom stereocenters. The van der Waals surface area contributed by atoms with Crippen LogP contribution in [-0.2, 0) is 28.5 Å². The number of hydrogen-bond donors (Lipinski definition) is 1. The fourth-order valence-corrected chi connectivity index (χ4v) is 4.05. The zero-order valence-electron chi connectivity index (χ0n) is 14.5. The Kier molecular flexibility index (Phi) is 8.74. The molecule has 0 amide bonds. The van der Waals surface area contributed by atoms with Crippen molar-refractivity contribution in [1.82, 2.24) is 4.31 Å². The zero-order chi connectivity index (χ0) is 19.2. The van der Waals surface area contributed by atoms with E-state index in [1.165, 1.54) is 16.4 Å². The average molecular weight is 423 g/mol. The Morgan fingerprint density at radius 2 is 1.59 bits per heavy atom. The van der Waals surface area contributed by atoms with Crippen LogP contribution in [0.3, 0.4) is 0 Å². The summed E-state index contributed by atoms with van der Waals surface area (Å²) in [6.45, 7) is 0.694. The summed E-state index contributed by atoms with van der Waals surface area (Å²) in [5, 5.41) is 0. The maximum absolute atomic E-state index is 12.8. The van der Waals surface area contributed by atoms with Gasteiger partial charge in [0.2, 0.25) is 10.0 Å². The van der Waals surface area contributed by atoms with E-state index in [1.54, 1.807) is 24.3 Å². The van der Waals surface area contributed by atoms with Crippen LogP contribution in [0, 0.1) is 0 Å². The van der Waals surface area contributed by atoms with Crippen molar-refractivity contribution in [2.45, 2.75) is 24.9 Å². The topological polar surface area (TPSA) is 63.4 Å². The number of rotatable bonds is 8. The van der Waals surface area contributed by atoms with Crippen molar-refractivity contribution in [2.75, 3.05) is 13.1 Å². The van der Waals surface area contributed by atoms with Crippen LogP contribution in [0.5, 0.6) is 0 Å². The number of benzene rings is 2. The minimum atomic E-state index is -4.51. The van der Waals surface area contributed by atoms with Gasteiger partial charge >= 0.3 is 6.18 Å². The first-order valence-corrected chi connectivity index (χ1v) is 9.71. The van der Waals surface area contributed by atoms with Crippen molar-refractivity contribution in [3.05, 3.63) is 71.3 Å². The quantitative estimate of drug-likeness (QED) is 0.703. The first-order chi connectivity index (χ1) is 12.2. The highest BCUT2D eigenvalue weighted by Crippen LogP contribution is 2.30. The van der Waals surface area contributed by atoms with Crippen LogP contribution in [0.2, 0.25) is 0 Å². The summed E-state index contributed by atoms with van der Waals surface area (Å²) in [6.07, 6.45) is -4.04. The highest BCUT2D eigenvalue weighted by molar-refractivity contribution is 7.88. The molecule has 2 N–H and O–H groups in total. The highest BCUT2D eigenvalue weighted by atomic mass is 35.5. The molecular formula is C18H22ClF3N2O2S. The van der Waals surface area contributed by atoms with E-state index in [9.17, 15) is 21.6 Å². The van der Waals surface area contributed by atoms with Gasteiger partial charge in [-0.05, 0) is 30.2 Å². The molecule has 0 bridgehead atoms. The normalized spacial score (nSPS) is 12.0. The predicted octanol–water partition coefficient (Wildman–Crippen LogP) is 3.81. The second kappa shape index (κ2) is 10.1. The molecule has 0 fully saturated rings. The SMILES string of the molecule is Cl.NCCCN(Cc1ccccc1)S(=O)(=O)Cc1cccc(C(F)(F)F)c1. The first kappa shape index (κ1) is 23.4. The Bertz CT molecular complexity index is 815. The van der Waals surface area contributed by atoms with Crippen molar-refractivity contribution < 1.29 is 21.6 Å². The number of nitrogens with two attached hydrogens (primary N) is 1. The van der Waals surface area contributed by atoms with Gasteiger partial charge in [-0.3, -0.25) is 0 Å². The summed E-state index contributed by atoms with van der Waals surface area (Å²) in [5.41, 5.74) is 5.53. The predicted molar refractivity (Wildman–Crippen MR) is 102 cm³/mol. The Morgan fingerprint density at radius 1 is 0.963 bits per heavy atom. The second-order valence-corrected chi connectivity index (χ2v) is 7.88. The largest absolute Gasteiger partial charge is 0.416 e. The second-order valence-electron chi connectivity index (χ2n) is 5.92. The van der Waals surface area contributed by atoms with Crippen LogP contribution < -0.4 is 5.73 Å². The molecule has 0 heterocycles. The number of alkyl halides is 3. The van der Waals surface area contributed by atoms with E-state index in [2.05, 4.69) is 0 Å². The molecule has 0 aliphatic carbocycles. The van der Waals surface area contributed by atoms with Gasteiger partial charge in [0, 0.05) is 13.1 Å². The van der Waals surface area contributed by atoms with Gasteiger partial charge < -0.3 is 5.73 Å². The van der Waals surface area contributed by atoms with E-state index in [0.29, 0.717) is 13.0 Å². The van der Waals surface area contributed by atoms with Gasteiger partial charge in [-0.15, -0.1) is 12.4 Å². The standard InChI is InChI=1S/C18H21F3N2O2S.ClH/c19-18(20,21)17-9-4-8-16(12-17)14-26(24,25)23(11-5-10-22)13-15-6-2-1-3-7-15;/h1-4,6-9,12H,5,10-11,13-14,22H2;1H. The van der Waals surface area contributed by atoms with E-state index < -0.39 is 27.5 Å². The van der Waals surface area contributed by atoms with Gasteiger partial charge in [-0.25, -0.2) is 8.42 Å². The lowest BCUT2D eigenvalue weighted by atomic mass is 10.1. The Morgan fingerprint density at radius 3 is 2.19 bits per heavy atom. The lowest BCUT2D eigenvalue weighted by Crippen LogP contribution is -2.33. The van der Waals surface area contributed by atoms with Crippen molar-refractivity contribution in [2.24, 2.45) is 5.73 Å². The summed E-state index contributed by atoms with van der Waals surface area (Å²) in [6, 6.07) is 13.4. The first-order valence-electron chi connectivity index (χ1n) is 8.10. The van der Waals surface area contributed by atoms with Crippen LogP contribution in [-0.4, -0.2) is 25.8 Å². The van der Waals surface area contributed by atoms with Gasteiger partial charge in [0.05, 0.1) is 11.3 Å². The van der Waals surface area contributed by atoms with E-state index in [-0.39, 0.29) is 31.1 Å². The summed E-state index contributed by atoms with van der Waals surface area (Å²) in [5.74, 6) is -0.492. The lowest BCUT2D eigenvalue weighted by molar-refractivity contribution is -0.137. The van der Waals surface area contributed by atoms with Crippen LogP contribution in [0.1, 0.15) is 23.1 Å². The van der Waals surface area contributed by atoms with Crippen molar-refractivity contribution >= 4 is 22.4 Å². The summed E-state index contributed by atoms with van der Waals surface area (Å²) < 4.78 is 65.3. The monoisotopic (exact) mass is 422 g/mol. The summed E-state index contributed by atoms with van der Waals surface area (Å²) in [4.78, 5) is 0.